The molecule has 2 aromatic rings. The van der Waals surface area contributed by atoms with Crippen LogP contribution in [0.4, 0.5) is 17.1 Å². The van der Waals surface area contributed by atoms with Crippen LogP contribution in [0.3, 0.4) is 0 Å². The molecule has 0 saturated heterocycles. The van der Waals surface area contributed by atoms with E-state index in [1.165, 1.54) is 0 Å². The average Bonchev–Trinajstić information content (AvgIpc) is 2.54. The van der Waals surface area contributed by atoms with Crippen LogP contribution in [0.15, 0.2) is 36.4 Å². The van der Waals surface area contributed by atoms with Gasteiger partial charge in [-0.1, -0.05) is 11.6 Å². The fraction of sp³-hybridized carbons (Fsp3) is 0.278. The van der Waals surface area contributed by atoms with E-state index in [0.29, 0.717) is 34.4 Å². The smallest absolute Gasteiger partial charge is 0.243 e. The number of rotatable bonds is 4. The molecule has 0 fully saturated rings. The molecular formula is C18H20ClN3O3. The van der Waals surface area contributed by atoms with Gasteiger partial charge in [-0.15, -0.1) is 0 Å². The van der Waals surface area contributed by atoms with Crippen LogP contribution < -0.4 is 25.4 Å². The maximum Gasteiger partial charge on any atom is 0.243 e. The fourth-order valence-corrected chi connectivity index (χ4v) is 3.07. The molecule has 1 unspecified atom stereocenters. The summed E-state index contributed by atoms with van der Waals surface area (Å²) >= 11 is 6.09. The molecule has 0 aliphatic carbocycles. The van der Waals surface area contributed by atoms with Gasteiger partial charge in [0.15, 0.2) is 0 Å². The standard InChI is InChI=1S/C18H20ClN3O3/c1-11-9-22(15-5-3-12(20)7-17(15)25-11)10-18(23)21-13-4-6-16(24-2)14(19)8-13/h3-8,11H,9-10,20H2,1-2H3,(H,21,23). The van der Waals surface area contributed by atoms with Gasteiger partial charge in [-0.2, -0.15) is 0 Å². The second kappa shape index (κ2) is 7.11. The molecule has 132 valence electrons. The number of halogens is 1. The third kappa shape index (κ3) is 3.91. The monoisotopic (exact) mass is 361 g/mol. The van der Waals surface area contributed by atoms with E-state index >= 15 is 0 Å². The average molecular weight is 362 g/mol. The Morgan fingerprint density at radius 1 is 1.40 bits per heavy atom. The molecule has 3 N–H and O–H groups in total. The lowest BCUT2D eigenvalue weighted by Crippen LogP contribution is -2.42. The van der Waals surface area contributed by atoms with Crippen molar-refractivity contribution in [2.75, 3.05) is 36.1 Å². The van der Waals surface area contributed by atoms with Gasteiger partial charge in [0.05, 0.1) is 30.9 Å². The summed E-state index contributed by atoms with van der Waals surface area (Å²) in [4.78, 5) is 14.4. The highest BCUT2D eigenvalue weighted by atomic mass is 35.5. The van der Waals surface area contributed by atoms with Crippen LogP contribution in [-0.4, -0.2) is 32.2 Å². The van der Waals surface area contributed by atoms with Crippen LogP contribution in [-0.2, 0) is 4.79 Å². The molecule has 25 heavy (non-hydrogen) atoms. The summed E-state index contributed by atoms with van der Waals surface area (Å²) in [5, 5.41) is 3.30. The number of anilines is 3. The third-order valence-corrected chi connectivity index (χ3v) is 4.20. The molecule has 0 spiro atoms. The molecule has 1 heterocycles. The number of nitrogens with zero attached hydrogens (tertiary/aromatic N) is 1. The Hall–Kier alpha value is -2.60. The molecule has 1 aliphatic heterocycles. The predicted molar refractivity (Wildman–Crippen MR) is 99.8 cm³/mol. The van der Waals surface area contributed by atoms with E-state index in [1.807, 2.05) is 17.9 Å². The molecule has 0 saturated carbocycles. The SMILES string of the molecule is COc1ccc(NC(=O)CN2CC(C)Oc3cc(N)ccc32)cc1Cl. The van der Waals surface area contributed by atoms with E-state index in [-0.39, 0.29) is 18.6 Å². The van der Waals surface area contributed by atoms with Crippen molar-refractivity contribution in [3.63, 3.8) is 0 Å². The molecule has 3 rings (SSSR count). The quantitative estimate of drug-likeness (QED) is 0.818. The first kappa shape index (κ1) is 17.2. The van der Waals surface area contributed by atoms with Crippen molar-refractivity contribution in [2.45, 2.75) is 13.0 Å². The predicted octanol–water partition coefficient (Wildman–Crippen LogP) is 3.16. The highest BCUT2D eigenvalue weighted by Crippen LogP contribution is 2.35. The second-order valence-electron chi connectivity index (χ2n) is 5.93. The second-order valence-corrected chi connectivity index (χ2v) is 6.34. The summed E-state index contributed by atoms with van der Waals surface area (Å²) in [6.07, 6.45) is -0.0301. The van der Waals surface area contributed by atoms with Crippen molar-refractivity contribution in [1.29, 1.82) is 0 Å². The first-order chi connectivity index (χ1) is 12.0. The lowest BCUT2D eigenvalue weighted by atomic mass is 10.2. The maximum atomic E-state index is 12.4. The van der Waals surface area contributed by atoms with Crippen LogP contribution in [0.5, 0.6) is 11.5 Å². The normalized spacial score (nSPS) is 16.0. The molecule has 1 aliphatic rings. The number of benzene rings is 2. The van der Waals surface area contributed by atoms with Crippen LogP contribution >= 0.6 is 11.6 Å². The summed E-state index contributed by atoms with van der Waals surface area (Å²) in [5.41, 5.74) is 7.92. The lowest BCUT2D eigenvalue weighted by molar-refractivity contribution is -0.115. The summed E-state index contributed by atoms with van der Waals surface area (Å²) in [6, 6.07) is 10.6. The Bertz CT molecular complexity index is 797. The minimum absolute atomic E-state index is 0.0301. The number of methoxy groups -OCH3 is 1. The summed E-state index contributed by atoms with van der Waals surface area (Å²) in [7, 11) is 1.54. The van der Waals surface area contributed by atoms with Gasteiger partial charge in [0.2, 0.25) is 5.91 Å². The highest BCUT2D eigenvalue weighted by Gasteiger charge is 2.24. The minimum Gasteiger partial charge on any atom is -0.495 e. The first-order valence-electron chi connectivity index (χ1n) is 7.91. The van der Waals surface area contributed by atoms with Crippen molar-refractivity contribution in [2.24, 2.45) is 0 Å². The molecule has 7 heteroatoms. The highest BCUT2D eigenvalue weighted by molar-refractivity contribution is 6.32. The van der Waals surface area contributed by atoms with Gasteiger partial charge in [-0.3, -0.25) is 4.79 Å². The Kier molecular flexibility index (Phi) is 4.90. The lowest BCUT2D eigenvalue weighted by Gasteiger charge is -2.34. The van der Waals surface area contributed by atoms with Gasteiger partial charge in [-0.25, -0.2) is 0 Å². The van der Waals surface area contributed by atoms with Gasteiger partial charge in [0.1, 0.15) is 17.6 Å². The molecule has 0 radical (unpaired) electrons. The Balaban J connectivity index is 1.72. The summed E-state index contributed by atoms with van der Waals surface area (Å²) in [5.74, 6) is 1.12. The van der Waals surface area contributed by atoms with Gasteiger partial charge in [0, 0.05) is 17.4 Å². The number of nitrogen functional groups attached to an aromatic ring is 1. The number of fused-ring (bicyclic) bond motifs is 1. The number of hydrogen-bond donors (Lipinski definition) is 2. The van der Waals surface area contributed by atoms with Crippen LogP contribution in [0.2, 0.25) is 5.02 Å². The summed E-state index contributed by atoms with van der Waals surface area (Å²) < 4.78 is 10.9. The molecule has 1 amide bonds. The third-order valence-electron chi connectivity index (χ3n) is 3.90. The number of nitrogens with one attached hydrogen (secondary N) is 1. The molecule has 0 bridgehead atoms. The Morgan fingerprint density at radius 3 is 2.92 bits per heavy atom. The number of carbonyl (C=O) groups excluding carboxylic acids is 1. The number of hydrogen-bond acceptors (Lipinski definition) is 5. The van der Waals surface area contributed by atoms with E-state index < -0.39 is 0 Å². The van der Waals surface area contributed by atoms with E-state index in [9.17, 15) is 4.79 Å². The van der Waals surface area contributed by atoms with Crippen LogP contribution in [0.25, 0.3) is 0 Å². The van der Waals surface area contributed by atoms with Crippen LogP contribution in [0.1, 0.15) is 6.92 Å². The molecule has 0 aromatic heterocycles. The first-order valence-corrected chi connectivity index (χ1v) is 8.28. The Labute approximate surface area is 151 Å². The minimum atomic E-state index is -0.141. The van der Waals surface area contributed by atoms with E-state index in [1.54, 1.807) is 37.4 Å². The molecule has 2 aromatic carbocycles. The number of carbonyl (C=O) groups is 1. The number of nitrogens with two attached hydrogens (primary N) is 1. The van der Waals surface area contributed by atoms with E-state index in [2.05, 4.69) is 5.32 Å². The van der Waals surface area contributed by atoms with Gasteiger partial charge in [-0.05, 0) is 37.3 Å². The van der Waals surface area contributed by atoms with Crippen molar-refractivity contribution >= 4 is 34.6 Å². The largest absolute Gasteiger partial charge is 0.495 e. The molecule has 6 nitrogen and oxygen atoms in total. The van der Waals surface area contributed by atoms with Crippen LogP contribution in [0, 0.1) is 0 Å². The Morgan fingerprint density at radius 2 is 2.20 bits per heavy atom. The van der Waals surface area contributed by atoms with Crippen molar-refractivity contribution in [3.05, 3.63) is 41.4 Å². The molecule has 1 atom stereocenters. The summed E-state index contributed by atoms with van der Waals surface area (Å²) in [6.45, 7) is 2.78. The molecular weight excluding hydrogens is 342 g/mol. The fourth-order valence-electron chi connectivity index (χ4n) is 2.82. The van der Waals surface area contributed by atoms with Crippen molar-refractivity contribution in [3.8, 4) is 11.5 Å². The van der Waals surface area contributed by atoms with E-state index in [4.69, 9.17) is 26.8 Å². The zero-order valence-electron chi connectivity index (χ0n) is 14.1. The van der Waals surface area contributed by atoms with Gasteiger partial charge < -0.3 is 25.4 Å². The number of amides is 1. The maximum absolute atomic E-state index is 12.4. The van der Waals surface area contributed by atoms with Crippen molar-refractivity contribution < 1.29 is 14.3 Å². The van der Waals surface area contributed by atoms with Gasteiger partial charge >= 0.3 is 0 Å². The van der Waals surface area contributed by atoms with E-state index in [0.717, 1.165) is 5.69 Å². The van der Waals surface area contributed by atoms with Crippen molar-refractivity contribution in [1.82, 2.24) is 0 Å². The topological polar surface area (TPSA) is 76.8 Å². The van der Waals surface area contributed by atoms with Gasteiger partial charge in [0.25, 0.3) is 0 Å². The number of ether oxygens (including phenoxy) is 2. The zero-order chi connectivity index (χ0) is 18.0. The zero-order valence-corrected chi connectivity index (χ0v) is 14.8.